The summed E-state index contributed by atoms with van der Waals surface area (Å²) in [4.78, 5) is 0. The third-order valence-corrected chi connectivity index (χ3v) is 3.04. The van der Waals surface area contributed by atoms with Crippen LogP contribution in [0.5, 0.6) is 5.75 Å². The number of aromatic amines is 1. The normalized spacial score (nSPS) is 10.4. The van der Waals surface area contributed by atoms with Crippen LogP contribution in [0, 0.1) is 4.77 Å². The molecule has 0 fully saturated rings. The predicted molar refractivity (Wildman–Crippen MR) is 67.4 cm³/mol. The summed E-state index contributed by atoms with van der Waals surface area (Å²) in [6.07, 6.45) is 0. The van der Waals surface area contributed by atoms with E-state index in [-0.39, 0.29) is 0 Å². The molecule has 2 aromatic rings. The minimum absolute atomic E-state index is 0.305. The molecule has 16 heavy (non-hydrogen) atoms. The largest absolute Gasteiger partial charge is 0.497 e. The van der Waals surface area contributed by atoms with Crippen molar-refractivity contribution in [3.8, 4) is 11.4 Å². The number of hydrogen-bond acceptors (Lipinski definition) is 4. The van der Waals surface area contributed by atoms with E-state index >= 15 is 0 Å². The van der Waals surface area contributed by atoms with E-state index in [2.05, 4.69) is 26.1 Å². The fourth-order valence-electron chi connectivity index (χ4n) is 1.33. The van der Waals surface area contributed by atoms with Crippen LogP contribution in [0.1, 0.15) is 0 Å². The second-order valence-corrected chi connectivity index (χ2v) is 4.28. The second kappa shape index (κ2) is 4.26. The molecular weight excluding hydrogens is 292 g/mol. The SMILES string of the molecule is COc1ccc(Br)c(-n2c(N)n[nH]c2=S)c1. The van der Waals surface area contributed by atoms with Crippen molar-refractivity contribution in [2.45, 2.75) is 0 Å². The number of anilines is 1. The molecule has 3 N–H and O–H groups in total. The van der Waals surface area contributed by atoms with Crippen LogP contribution in [0.3, 0.4) is 0 Å². The Morgan fingerprint density at radius 2 is 2.31 bits per heavy atom. The van der Waals surface area contributed by atoms with Gasteiger partial charge in [0.1, 0.15) is 5.75 Å². The van der Waals surface area contributed by atoms with Crippen LogP contribution in [-0.2, 0) is 0 Å². The standard InChI is InChI=1S/C9H9BrN4OS/c1-15-5-2-3-6(10)7(4-5)14-8(11)12-13-9(14)16/h2-4H,1H3,(H2,11,12)(H,13,16). The number of aromatic nitrogens is 3. The molecule has 0 unspecified atom stereocenters. The maximum absolute atomic E-state index is 5.73. The van der Waals surface area contributed by atoms with Gasteiger partial charge in [-0.15, -0.1) is 5.10 Å². The molecule has 0 saturated carbocycles. The van der Waals surface area contributed by atoms with Crippen molar-refractivity contribution < 1.29 is 4.74 Å². The van der Waals surface area contributed by atoms with E-state index in [1.54, 1.807) is 11.7 Å². The number of nitrogens with two attached hydrogens (primary N) is 1. The molecule has 0 aliphatic heterocycles. The number of benzene rings is 1. The third-order valence-electron chi connectivity index (χ3n) is 2.09. The van der Waals surface area contributed by atoms with Gasteiger partial charge in [0.05, 0.1) is 12.8 Å². The lowest BCUT2D eigenvalue weighted by molar-refractivity contribution is 0.414. The van der Waals surface area contributed by atoms with Crippen molar-refractivity contribution in [2.24, 2.45) is 0 Å². The monoisotopic (exact) mass is 300 g/mol. The Morgan fingerprint density at radius 1 is 1.56 bits per heavy atom. The van der Waals surface area contributed by atoms with E-state index in [0.29, 0.717) is 10.7 Å². The summed E-state index contributed by atoms with van der Waals surface area (Å²) >= 11 is 8.53. The first kappa shape index (κ1) is 11.2. The van der Waals surface area contributed by atoms with Gasteiger partial charge in [-0.1, -0.05) is 0 Å². The van der Waals surface area contributed by atoms with Gasteiger partial charge in [0.15, 0.2) is 0 Å². The molecule has 0 spiro atoms. The Hall–Kier alpha value is -1.34. The van der Waals surface area contributed by atoms with Crippen LogP contribution in [0.25, 0.3) is 5.69 Å². The number of nitrogen functional groups attached to an aromatic ring is 1. The summed E-state index contributed by atoms with van der Waals surface area (Å²) < 4.78 is 8.07. The maximum atomic E-state index is 5.73. The zero-order valence-corrected chi connectivity index (χ0v) is 10.8. The van der Waals surface area contributed by atoms with Gasteiger partial charge in [0.25, 0.3) is 0 Å². The van der Waals surface area contributed by atoms with Crippen molar-refractivity contribution >= 4 is 34.1 Å². The van der Waals surface area contributed by atoms with Crippen molar-refractivity contribution in [1.29, 1.82) is 0 Å². The zero-order valence-electron chi connectivity index (χ0n) is 8.40. The number of methoxy groups -OCH3 is 1. The van der Waals surface area contributed by atoms with Crippen LogP contribution in [0.15, 0.2) is 22.7 Å². The smallest absolute Gasteiger partial charge is 0.225 e. The van der Waals surface area contributed by atoms with Crippen LogP contribution < -0.4 is 10.5 Å². The van der Waals surface area contributed by atoms with Gasteiger partial charge >= 0.3 is 0 Å². The Balaban J connectivity index is 2.68. The van der Waals surface area contributed by atoms with E-state index in [9.17, 15) is 0 Å². The zero-order chi connectivity index (χ0) is 11.7. The highest BCUT2D eigenvalue weighted by molar-refractivity contribution is 9.10. The highest BCUT2D eigenvalue weighted by Crippen LogP contribution is 2.27. The van der Waals surface area contributed by atoms with Gasteiger partial charge in [0.2, 0.25) is 10.7 Å². The van der Waals surface area contributed by atoms with E-state index in [1.807, 2.05) is 18.2 Å². The number of hydrogen-bond donors (Lipinski definition) is 2. The van der Waals surface area contributed by atoms with E-state index in [0.717, 1.165) is 15.9 Å². The number of halogens is 1. The Labute approximate surface area is 105 Å². The average molecular weight is 301 g/mol. The van der Waals surface area contributed by atoms with Gasteiger partial charge in [0, 0.05) is 10.5 Å². The Bertz CT molecular complexity index is 577. The summed E-state index contributed by atoms with van der Waals surface area (Å²) in [6.45, 7) is 0. The van der Waals surface area contributed by atoms with Crippen molar-refractivity contribution in [1.82, 2.24) is 14.8 Å². The molecule has 2 rings (SSSR count). The summed E-state index contributed by atoms with van der Waals surface area (Å²) in [5.74, 6) is 1.03. The molecule has 0 saturated heterocycles. The molecule has 7 heteroatoms. The minimum Gasteiger partial charge on any atom is -0.497 e. The number of H-pyrrole nitrogens is 1. The van der Waals surface area contributed by atoms with Crippen LogP contribution >= 0.6 is 28.1 Å². The topological polar surface area (TPSA) is 68.9 Å². The Morgan fingerprint density at radius 3 is 2.88 bits per heavy atom. The van der Waals surface area contributed by atoms with E-state index < -0.39 is 0 Å². The molecule has 0 atom stereocenters. The number of rotatable bonds is 2. The molecule has 84 valence electrons. The molecule has 0 aliphatic carbocycles. The highest BCUT2D eigenvalue weighted by atomic mass is 79.9. The number of nitrogens with zero attached hydrogens (tertiary/aromatic N) is 2. The fraction of sp³-hybridized carbons (Fsp3) is 0.111. The molecule has 1 aromatic carbocycles. The molecule has 5 nitrogen and oxygen atoms in total. The molecule has 0 aliphatic rings. The number of ether oxygens (including phenoxy) is 1. The minimum atomic E-state index is 0.305. The molecule has 1 aromatic heterocycles. The van der Waals surface area contributed by atoms with E-state index in [1.165, 1.54) is 0 Å². The van der Waals surface area contributed by atoms with Gasteiger partial charge < -0.3 is 10.5 Å². The fourth-order valence-corrected chi connectivity index (χ4v) is 1.99. The van der Waals surface area contributed by atoms with Crippen LogP contribution in [0.4, 0.5) is 5.95 Å². The summed E-state index contributed by atoms with van der Waals surface area (Å²) in [5.41, 5.74) is 6.51. The highest BCUT2D eigenvalue weighted by Gasteiger charge is 2.09. The first-order chi connectivity index (χ1) is 7.63. The van der Waals surface area contributed by atoms with Crippen molar-refractivity contribution in [2.75, 3.05) is 12.8 Å². The van der Waals surface area contributed by atoms with Gasteiger partial charge in [-0.05, 0) is 40.3 Å². The molecule has 0 amide bonds. The van der Waals surface area contributed by atoms with Crippen LogP contribution in [0.2, 0.25) is 0 Å². The summed E-state index contributed by atoms with van der Waals surface area (Å²) in [6, 6.07) is 5.53. The van der Waals surface area contributed by atoms with Crippen molar-refractivity contribution in [3.05, 3.63) is 27.4 Å². The van der Waals surface area contributed by atoms with Gasteiger partial charge in [-0.25, -0.2) is 5.10 Å². The summed E-state index contributed by atoms with van der Waals surface area (Å²) in [5, 5.41) is 6.48. The van der Waals surface area contributed by atoms with Gasteiger partial charge in [-0.3, -0.25) is 4.57 Å². The molecule has 0 bridgehead atoms. The second-order valence-electron chi connectivity index (χ2n) is 3.04. The molecular formula is C9H9BrN4OS. The van der Waals surface area contributed by atoms with Crippen molar-refractivity contribution in [3.63, 3.8) is 0 Å². The summed E-state index contributed by atoms with van der Waals surface area (Å²) in [7, 11) is 1.60. The van der Waals surface area contributed by atoms with E-state index in [4.69, 9.17) is 22.7 Å². The molecule has 1 heterocycles. The first-order valence-corrected chi connectivity index (χ1v) is 5.60. The quantitative estimate of drug-likeness (QED) is 0.835. The Kier molecular flexibility index (Phi) is 2.97. The lowest BCUT2D eigenvalue weighted by Gasteiger charge is -2.08. The molecule has 0 radical (unpaired) electrons. The predicted octanol–water partition coefficient (Wildman–Crippen LogP) is 2.28. The lowest BCUT2D eigenvalue weighted by atomic mass is 10.3. The van der Waals surface area contributed by atoms with Crippen LogP contribution in [-0.4, -0.2) is 21.9 Å². The average Bonchev–Trinajstić information content (AvgIpc) is 2.60. The first-order valence-electron chi connectivity index (χ1n) is 4.40. The van der Waals surface area contributed by atoms with Gasteiger partial charge in [-0.2, -0.15) is 0 Å². The lowest BCUT2D eigenvalue weighted by Crippen LogP contribution is -2.02. The third kappa shape index (κ3) is 1.83. The number of nitrogens with one attached hydrogen (secondary N) is 1. The maximum Gasteiger partial charge on any atom is 0.225 e.